The molecule has 7 rings (SSSR count). The number of nitrogens with one attached hydrogen (secondary N) is 2. The Bertz CT molecular complexity index is 2400. The molecule has 4 amide bonds. The number of hydrogen-bond donors (Lipinski definition) is 2. The minimum atomic E-state index is -0.889. The molecule has 0 saturated carbocycles. The zero-order chi connectivity index (χ0) is 47.0. The van der Waals surface area contributed by atoms with E-state index in [4.69, 9.17) is 14.5 Å². The lowest BCUT2D eigenvalue weighted by molar-refractivity contribution is -0.145. The average molecular weight is 902 g/mol. The number of aromatic nitrogens is 2. The lowest BCUT2D eigenvalue weighted by Gasteiger charge is -2.34. The fourth-order valence-corrected chi connectivity index (χ4v) is 10.1. The Morgan fingerprint density at radius 2 is 1.79 bits per heavy atom. The minimum Gasteiger partial charge on any atom is -0.467 e. The maximum atomic E-state index is 14.5. The number of carbonyl (C=O) groups is 5. The second-order valence-corrected chi connectivity index (χ2v) is 18.8. The van der Waals surface area contributed by atoms with Crippen molar-refractivity contribution in [1.29, 1.82) is 0 Å². The largest absolute Gasteiger partial charge is 0.467 e. The normalized spacial score (nSPS) is 19.0. The van der Waals surface area contributed by atoms with Gasteiger partial charge < -0.3 is 29.2 Å². The molecule has 3 saturated heterocycles. The van der Waals surface area contributed by atoms with Gasteiger partial charge in [-0.3, -0.25) is 34.0 Å². The Hall–Kier alpha value is -5.86. The van der Waals surface area contributed by atoms with Crippen molar-refractivity contribution in [2.24, 2.45) is 11.3 Å². The highest BCUT2D eigenvalue weighted by Gasteiger charge is 2.40. The number of amides is 4. The number of benzene rings is 2. The number of nitrogens with zero attached hydrogens (tertiary/aromatic N) is 5. The molecule has 0 bridgehead atoms. The van der Waals surface area contributed by atoms with Crippen LogP contribution in [0.15, 0.2) is 73.4 Å². The topological polar surface area (TPSA) is 155 Å². The van der Waals surface area contributed by atoms with Gasteiger partial charge in [0, 0.05) is 80.9 Å². The first-order valence-electron chi connectivity index (χ1n) is 23.7. The third kappa shape index (κ3) is 10.7. The predicted octanol–water partition coefficient (Wildman–Crippen LogP) is 6.80. The molecule has 5 heterocycles. The van der Waals surface area contributed by atoms with Gasteiger partial charge in [-0.05, 0) is 105 Å². The number of carbonyl (C=O) groups excluding carboxylic acids is 5. The SMILES string of the molecule is C=CC(=O)N1CC[C@H](C(=O)N2CCCCC[C@H]2C(=O)N[C@@H](Cc2cccc(-c3ccc4c(c3)c(CC(C)(C)COC=O)c(-c3cccnc3[C@H](C)OC)n4CC)c2)C(=O)N2CCCCN2)C1. The molecule has 3 fully saturated rings. The maximum Gasteiger partial charge on any atom is 0.293 e. The van der Waals surface area contributed by atoms with E-state index in [9.17, 15) is 24.0 Å². The van der Waals surface area contributed by atoms with Crippen LogP contribution in [0.4, 0.5) is 0 Å². The van der Waals surface area contributed by atoms with Gasteiger partial charge in [-0.1, -0.05) is 63.6 Å². The lowest BCUT2D eigenvalue weighted by atomic mass is 9.84. The summed E-state index contributed by atoms with van der Waals surface area (Å²) >= 11 is 0. The average Bonchev–Trinajstić information content (AvgIpc) is 3.86. The van der Waals surface area contributed by atoms with E-state index in [-0.39, 0.29) is 42.8 Å². The van der Waals surface area contributed by atoms with E-state index in [0.717, 1.165) is 82.2 Å². The molecule has 2 aromatic carbocycles. The Kier molecular flexibility index (Phi) is 15.8. The maximum absolute atomic E-state index is 14.5. The number of pyridine rings is 1. The van der Waals surface area contributed by atoms with Crippen molar-refractivity contribution in [3.63, 3.8) is 0 Å². The third-order valence-corrected chi connectivity index (χ3v) is 13.6. The van der Waals surface area contributed by atoms with E-state index in [1.54, 1.807) is 28.1 Å². The van der Waals surface area contributed by atoms with Gasteiger partial charge in [-0.15, -0.1) is 0 Å². The zero-order valence-electron chi connectivity index (χ0n) is 39.4. The highest BCUT2D eigenvalue weighted by Crippen LogP contribution is 2.42. The molecule has 3 aliphatic rings. The molecule has 4 atom stereocenters. The second-order valence-electron chi connectivity index (χ2n) is 18.8. The quantitative estimate of drug-likeness (QED) is 0.0861. The van der Waals surface area contributed by atoms with Crippen molar-refractivity contribution < 1.29 is 33.4 Å². The van der Waals surface area contributed by atoms with Gasteiger partial charge in [0.05, 0.1) is 30.0 Å². The van der Waals surface area contributed by atoms with Crippen LogP contribution in [0.2, 0.25) is 0 Å². The van der Waals surface area contributed by atoms with Gasteiger partial charge in [0.25, 0.3) is 12.4 Å². The summed E-state index contributed by atoms with van der Waals surface area (Å²) in [5.74, 6) is -1.25. The Labute approximate surface area is 389 Å². The number of ether oxygens (including phenoxy) is 2. The summed E-state index contributed by atoms with van der Waals surface area (Å²) in [7, 11) is 1.69. The number of fused-ring (bicyclic) bond motifs is 1. The van der Waals surface area contributed by atoms with Crippen LogP contribution in [0.5, 0.6) is 0 Å². The molecule has 2 aromatic heterocycles. The molecule has 0 unspecified atom stereocenters. The summed E-state index contributed by atoms with van der Waals surface area (Å²) in [5, 5.41) is 5.86. The summed E-state index contributed by atoms with van der Waals surface area (Å²) in [6.07, 6.45) is 8.99. The van der Waals surface area contributed by atoms with E-state index in [1.807, 2.05) is 25.1 Å². The number of aryl methyl sites for hydroxylation is 1. The van der Waals surface area contributed by atoms with Crippen LogP contribution in [0.25, 0.3) is 33.3 Å². The molecule has 14 nitrogen and oxygen atoms in total. The first-order valence-corrected chi connectivity index (χ1v) is 23.7. The van der Waals surface area contributed by atoms with Gasteiger partial charge >= 0.3 is 0 Å². The Balaban J connectivity index is 1.22. The molecule has 66 heavy (non-hydrogen) atoms. The Morgan fingerprint density at radius 3 is 2.53 bits per heavy atom. The molecule has 4 aromatic rings. The molecule has 3 aliphatic heterocycles. The van der Waals surface area contributed by atoms with Gasteiger partial charge in [-0.25, -0.2) is 5.43 Å². The molecule has 14 heteroatoms. The van der Waals surface area contributed by atoms with Gasteiger partial charge in [0.2, 0.25) is 17.7 Å². The van der Waals surface area contributed by atoms with Crippen LogP contribution in [-0.2, 0) is 52.8 Å². The number of hydrogen-bond acceptors (Lipinski definition) is 9. The van der Waals surface area contributed by atoms with Crippen molar-refractivity contribution in [2.45, 2.75) is 110 Å². The predicted molar refractivity (Wildman–Crippen MR) is 255 cm³/mol. The standard InChI is InChI=1S/C52H67N7O7/c1-7-46(61)56-27-22-39(32-56)50(63)58-25-12-9-10-19-45(58)49(62)55-43(51(64)59-26-13-11-24-54-59)29-36-16-14-17-37(28-36)38-20-21-44-41(30-38)42(31-52(4,5)33-66-34-60)48(57(44)8-2)40-18-15-23-53-47(40)35(3)65-6/h7,14-18,20-21,23,28,30,34-35,39,43,45,54H,1,8-13,19,22,24-27,29,31-33H2,2-6H3,(H,55,62)/t35-,39-,43-,45-/m0/s1. The number of hydrazine groups is 1. The first kappa shape index (κ1) is 48.1. The molecule has 0 aliphatic carbocycles. The second kappa shape index (κ2) is 21.6. The van der Waals surface area contributed by atoms with Crippen LogP contribution < -0.4 is 10.7 Å². The van der Waals surface area contributed by atoms with Crippen LogP contribution in [-0.4, -0.2) is 113 Å². The smallest absolute Gasteiger partial charge is 0.293 e. The molecule has 0 radical (unpaired) electrons. The van der Waals surface area contributed by atoms with Gasteiger partial charge in [0.1, 0.15) is 12.1 Å². The van der Waals surface area contributed by atoms with E-state index < -0.39 is 23.4 Å². The van der Waals surface area contributed by atoms with Crippen molar-refractivity contribution in [1.82, 2.24) is 35.1 Å². The highest BCUT2D eigenvalue weighted by atomic mass is 16.5. The lowest BCUT2D eigenvalue weighted by Crippen LogP contribution is -2.59. The highest BCUT2D eigenvalue weighted by molar-refractivity contribution is 5.96. The van der Waals surface area contributed by atoms with Crippen LogP contribution in [0.1, 0.15) is 95.6 Å². The van der Waals surface area contributed by atoms with Gasteiger partial charge in [0.15, 0.2) is 0 Å². The van der Waals surface area contributed by atoms with Crippen LogP contribution >= 0.6 is 0 Å². The molecular weight excluding hydrogens is 835 g/mol. The molecule has 0 spiro atoms. The van der Waals surface area contributed by atoms with Crippen molar-refractivity contribution in [3.8, 4) is 22.4 Å². The molecule has 352 valence electrons. The summed E-state index contributed by atoms with van der Waals surface area (Å²) in [6, 6.07) is 17.1. The van der Waals surface area contributed by atoms with Crippen LogP contribution in [0.3, 0.4) is 0 Å². The number of likely N-dealkylation sites (tertiary alicyclic amines) is 2. The Morgan fingerprint density at radius 1 is 0.985 bits per heavy atom. The minimum absolute atomic E-state index is 0.116. The molecule has 2 N–H and O–H groups in total. The monoisotopic (exact) mass is 902 g/mol. The van der Waals surface area contributed by atoms with Crippen molar-refractivity contribution >= 4 is 41.0 Å². The summed E-state index contributed by atoms with van der Waals surface area (Å²) < 4.78 is 13.5. The van der Waals surface area contributed by atoms with E-state index in [0.29, 0.717) is 65.0 Å². The summed E-state index contributed by atoms with van der Waals surface area (Å²) in [5.41, 5.74) is 10.7. The van der Waals surface area contributed by atoms with E-state index >= 15 is 0 Å². The van der Waals surface area contributed by atoms with E-state index in [1.165, 1.54) is 6.08 Å². The van der Waals surface area contributed by atoms with Crippen molar-refractivity contribution in [3.05, 3.63) is 90.3 Å². The third-order valence-electron chi connectivity index (χ3n) is 13.6. The fourth-order valence-electron chi connectivity index (χ4n) is 10.1. The number of methoxy groups -OCH3 is 1. The summed E-state index contributed by atoms with van der Waals surface area (Å²) in [4.78, 5) is 74.9. The fraction of sp³-hybridized carbons (Fsp3) is 0.500. The van der Waals surface area contributed by atoms with Gasteiger partial charge in [-0.2, -0.15) is 0 Å². The summed E-state index contributed by atoms with van der Waals surface area (Å²) in [6.45, 7) is 15.8. The molecular formula is C52H67N7O7. The van der Waals surface area contributed by atoms with E-state index in [2.05, 4.69) is 79.1 Å². The van der Waals surface area contributed by atoms with Crippen molar-refractivity contribution in [2.75, 3.05) is 46.4 Å². The number of rotatable bonds is 17. The zero-order valence-corrected chi connectivity index (χ0v) is 39.4. The first-order chi connectivity index (χ1) is 31.9. The van der Waals surface area contributed by atoms with Crippen LogP contribution in [0, 0.1) is 11.3 Å².